The minimum Gasteiger partial charge on any atom is -0.502 e. The Labute approximate surface area is 133 Å². The lowest BCUT2D eigenvalue weighted by molar-refractivity contribution is -0.385. The lowest BCUT2D eigenvalue weighted by atomic mass is 10.2. The van der Waals surface area contributed by atoms with Gasteiger partial charge in [-0.1, -0.05) is 11.8 Å². The molecule has 0 radical (unpaired) electrons. The molecule has 11 heteroatoms. The van der Waals surface area contributed by atoms with E-state index in [1.54, 1.807) is 0 Å². The smallest absolute Gasteiger partial charge is 0.310 e. The number of hydrogen-bond donors (Lipinski definition) is 3. The zero-order valence-electron chi connectivity index (χ0n) is 11.4. The SMILES string of the molecule is O=C(O)CC1SC(=NN=Cc2ccc([N+](=O)[O-])c(O)c2)NC1=O. The van der Waals surface area contributed by atoms with Gasteiger partial charge in [0.15, 0.2) is 10.9 Å². The molecule has 1 aliphatic rings. The van der Waals surface area contributed by atoms with Crippen LogP contribution < -0.4 is 5.32 Å². The van der Waals surface area contributed by atoms with E-state index in [-0.39, 0.29) is 11.6 Å². The van der Waals surface area contributed by atoms with Crippen LogP contribution in [0.1, 0.15) is 12.0 Å². The molecule has 2 rings (SSSR count). The first-order valence-electron chi connectivity index (χ1n) is 6.14. The Balaban J connectivity index is 2.04. The molecule has 1 aromatic rings. The fourth-order valence-corrected chi connectivity index (χ4v) is 2.58. The molecule has 0 spiro atoms. The molecule has 0 aliphatic carbocycles. The summed E-state index contributed by atoms with van der Waals surface area (Å²) in [5.74, 6) is -2.06. The Morgan fingerprint density at radius 2 is 2.26 bits per heavy atom. The van der Waals surface area contributed by atoms with Gasteiger partial charge in [-0.3, -0.25) is 19.7 Å². The van der Waals surface area contributed by atoms with E-state index < -0.39 is 33.5 Å². The minimum atomic E-state index is -1.09. The normalized spacial score (nSPS) is 19.2. The molecule has 0 bridgehead atoms. The zero-order valence-corrected chi connectivity index (χ0v) is 12.2. The van der Waals surface area contributed by atoms with Gasteiger partial charge in [-0.05, 0) is 17.7 Å². The predicted molar refractivity (Wildman–Crippen MR) is 81.6 cm³/mol. The average Bonchev–Trinajstić information content (AvgIpc) is 2.78. The number of phenols is 1. The summed E-state index contributed by atoms with van der Waals surface area (Å²) in [6, 6.07) is 3.64. The van der Waals surface area contributed by atoms with E-state index >= 15 is 0 Å². The second-order valence-electron chi connectivity index (χ2n) is 4.35. The lowest BCUT2D eigenvalue weighted by Crippen LogP contribution is -2.26. The number of carboxylic acids is 1. The van der Waals surface area contributed by atoms with Gasteiger partial charge in [-0.15, -0.1) is 5.10 Å². The second kappa shape index (κ2) is 6.87. The van der Waals surface area contributed by atoms with Gasteiger partial charge in [-0.2, -0.15) is 5.10 Å². The summed E-state index contributed by atoms with van der Waals surface area (Å²) in [5.41, 5.74) is -0.0579. The number of aliphatic carboxylic acids is 1. The monoisotopic (exact) mass is 338 g/mol. The van der Waals surface area contributed by atoms with Crippen molar-refractivity contribution in [1.82, 2.24) is 5.32 Å². The van der Waals surface area contributed by atoms with Gasteiger partial charge in [0.1, 0.15) is 5.25 Å². The first-order chi connectivity index (χ1) is 10.9. The van der Waals surface area contributed by atoms with E-state index in [2.05, 4.69) is 15.5 Å². The van der Waals surface area contributed by atoms with Crippen molar-refractivity contribution < 1.29 is 24.7 Å². The Bertz CT molecular complexity index is 732. The van der Waals surface area contributed by atoms with E-state index in [1.807, 2.05) is 0 Å². The number of aromatic hydroxyl groups is 1. The topological polar surface area (TPSA) is 154 Å². The maximum absolute atomic E-state index is 11.5. The number of rotatable bonds is 5. The van der Waals surface area contributed by atoms with Crippen LogP contribution >= 0.6 is 11.8 Å². The Hall–Kier alpha value is -2.95. The minimum absolute atomic E-state index is 0.156. The third kappa shape index (κ3) is 4.26. The van der Waals surface area contributed by atoms with Crippen LogP contribution in [0.4, 0.5) is 5.69 Å². The van der Waals surface area contributed by atoms with Crippen LogP contribution in [-0.4, -0.2) is 43.6 Å². The number of carbonyl (C=O) groups is 2. The molecular formula is C12H10N4O6S. The van der Waals surface area contributed by atoms with E-state index in [4.69, 9.17) is 5.11 Å². The van der Waals surface area contributed by atoms with E-state index in [0.717, 1.165) is 23.9 Å². The summed E-state index contributed by atoms with van der Waals surface area (Å²) in [6.45, 7) is 0. The van der Waals surface area contributed by atoms with Crippen LogP contribution in [0, 0.1) is 10.1 Å². The molecule has 0 aromatic heterocycles. The summed E-state index contributed by atoms with van der Waals surface area (Å²) < 4.78 is 0. The predicted octanol–water partition coefficient (Wildman–Crippen LogP) is 0.697. The van der Waals surface area contributed by atoms with Gasteiger partial charge in [0.2, 0.25) is 5.91 Å². The third-order valence-electron chi connectivity index (χ3n) is 2.69. The average molecular weight is 338 g/mol. The van der Waals surface area contributed by atoms with Gasteiger partial charge < -0.3 is 15.5 Å². The quantitative estimate of drug-likeness (QED) is 0.405. The van der Waals surface area contributed by atoms with Gasteiger partial charge in [0.05, 0.1) is 17.6 Å². The van der Waals surface area contributed by atoms with Crippen molar-refractivity contribution in [3.63, 3.8) is 0 Å². The molecule has 1 aliphatic heterocycles. The fourth-order valence-electron chi connectivity index (χ4n) is 1.67. The number of phenolic OH excluding ortho intramolecular Hbond substituents is 1. The molecule has 23 heavy (non-hydrogen) atoms. The standard InChI is InChI=1S/C12H10N4O6S/c17-8-3-6(1-2-7(8)16(21)22)5-13-15-12-14-11(20)9(23-12)4-10(18)19/h1-3,5,9,17H,4H2,(H,18,19)(H,14,15,20). The van der Waals surface area contributed by atoms with Gasteiger partial charge in [-0.25, -0.2) is 0 Å². The number of amidine groups is 1. The number of carbonyl (C=O) groups excluding carboxylic acids is 1. The summed E-state index contributed by atoms with van der Waals surface area (Å²) in [6.07, 6.45) is 0.906. The Kier molecular flexibility index (Phi) is 4.91. The van der Waals surface area contributed by atoms with Crippen molar-refractivity contribution in [2.24, 2.45) is 10.2 Å². The molecule has 120 valence electrons. The van der Waals surface area contributed by atoms with E-state index in [1.165, 1.54) is 12.3 Å². The van der Waals surface area contributed by atoms with E-state index in [0.29, 0.717) is 5.56 Å². The molecular weight excluding hydrogens is 328 g/mol. The Morgan fingerprint density at radius 3 is 2.87 bits per heavy atom. The van der Waals surface area contributed by atoms with Crippen molar-refractivity contribution >= 4 is 40.7 Å². The summed E-state index contributed by atoms with van der Waals surface area (Å²) in [7, 11) is 0. The molecule has 10 nitrogen and oxygen atoms in total. The number of thioether (sulfide) groups is 1. The van der Waals surface area contributed by atoms with Gasteiger partial charge >= 0.3 is 11.7 Å². The highest BCUT2D eigenvalue weighted by atomic mass is 32.2. The number of nitro benzene ring substituents is 1. The zero-order chi connectivity index (χ0) is 17.0. The maximum Gasteiger partial charge on any atom is 0.310 e. The number of nitrogens with zero attached hydrogens (tertiary/aromatic N) is 3. The van der Waals surface area contributed by atoms with Crippen molar-refractivity contribution in [3.8, 4) is 5.75 Å². The van der Waals surface area contributed by atoms with Crippen molar-refractivity contribution in [1.29, 1.82) is 0 Å². The fraction of sp³-hybridized carbons (Fsp3) is 0.167. The summed E-state index contributed by atoms with van der Waals surface area (Å²) in [5, 5.41) is 37.9. The highest BCUT2D eigenvalue weighted by Crippen LogP contribution is 2.25. The molecule has 1 atom stereocenters. The number of benzene rings is 1. The molecule has 1 saturated heterocycles. The highest BCUT2D eigenvalue weighted by molar-refractivity contribution is 8.15. The van der Waals surface area contributed by atoms with Crippen LogP contribution in [0.5, 0.6) is 5.75 Å². The summed E-state index contributed by atoms with van der Waals surface area (Å²) in [4.78, 5) is 31.9. The first-order valence-corrected chi connectivity index (χ1v) is 7.02. The molecule has 3 N–H and O–H groups in total. The van der Waals surface area contributed by atoms with Crippen LogP contribution in [-0.2, 0) is 9.59 Å². The van der Waals surface area contributed by atoms with E-state index in [9.17, 15) is 24.8 Å². The molecule has 1 heterocycles. The van der Waals surface area contributed by atoms with Crippen molar-refractivity contribution in [3.05, 3.63) is 33.9 Å². The molecule has 1 aromatic carbocycles. The second-order valence-corrected chi connectivity index (χ2v) is 5.54. The van der Waals surface area contributed by atoms with Crippen molar-refractivity contribution in [2.75, 3.05) is 0 Å². The largest absolute Gasteiger partial charge is 0.502 e. The highest BCUT2D eigenvalue weighted by Gasteiger charge is 2.32. The van der Waals surface area contributed by atoms with Crippen LogP contribution in [0.15, 0.2) is 28.4 Å². The number of nitro groups is 1. The molecule has 1 amide bonds. The lowest BCUT2D eigenvalue weighted by Gasteiger charge is -1.98. The van der Waals surface area contributed by atoms with Crippen molar-refractivity contribution in [2.45, 2.75) is 11.7 Å². The summed E-state index contributed by atoms with van der Waals surface area (Å²) >= 11 is 0.948. The third-order valence-corrected chi connectivity index (χ3v) is 3.76. The maximum atomic E-state index is 11.5. The molecule has 1 fully saturated rings. The van der Waals surface area contributed by atoms with Crippen LogP contribution in [0.3, 0.4) is 0 Å². The van der Waals surface area contributed by atoms with Crippen LogP contribution in [0.25, 0.3) is 0 Å². The van der Waals surface area contributed by atoms with Gasteiger partial charge in [0, 0.05) is 6.07 Å². The number of carboxylic acid groups (broad SMARTS) is 1. The number of amides is 1. The van der Waals surface area contributed by atoms with Gasteiger partial charge in [0.25, 0.3) is 0 Å². The first kappa shape index (κ1) is 16.4. The Morgan fingerprint density at radius 1 is 1.52 bits per heavy atom. The molecule has 0 saturated carbocycles. The molecule has 1 unspecified atom stereocenters. The van der Waals surface area contributed by atoms with Crippen LogP contribution in [0.2, 0.25) is 0 Å². The number of nitrogens with one attached hydrogen (secondary N) is 1. The number of hydrogen-bond acceptors (Lipinski definition) is 8.